The molecule has 0 radical (unpaired) electrons. The topological polar surface area (TPSA) is 127 Å². The lowest BCUT2D eigenvalue weighted by atomic mass is 9.62. The van der Waals surface area contributed by atoms with E-state index in [4.69, 9.17) is 4.74 Å². The Bertz CT molecular complexity index is 1650. The number of likely N-dealkylation sites (tertiary alicyclic amines) is 1. The normalized spacial score (nSPS) is 19.2. The molecule has 0 bridgehead atoms. The third-order valence-electron chi connectivity index (χ3n) is 9.05. The molecular weight excluding hydrogens is 616 g/mol. The fraction of sp³-hybridized carbons (Fsp3) is 0.417. The predicted molar refractivity (Wildman–Crippen MR) is 184 cm³/mol. The number of fused-ring (bicyclic) bond motifs is 1. The number of carbonyl (C=O) groups excluding carboxylic acids is 4. The van der Waals surface area contributed by atoms with Crippen LogP contribution in [0.3, 0.4) is 0 Å². The largest absolute Gasteiger partial charge is 0.463 e. The van der Waals surface area contributed by atoms with Crippen molar-refractivity contribution >= 4 is 37.2 Å². The van der Waals surface area contributed by atoms with Gasteiger partial charge < -0.3 is 24.8 Å². The van der Waals surface area contributed by atoms with Crippen molar-refractivity contribution in [1.29, 1.82) is 0 Å². The summed E-state index contributed by atoms with van der Waals surface area (Å²) in [5, 5.41) is 5.96. The van der Waals surface area contributed by atoms with E-state index < -0.39 is 17.2 Å². The van der Waals surface area contributed by atoms with E-state index in [1.54, 1.807) is 33.2 Å². The molecule has 10 nitrogen and oxygen atoms in total. The molecular formula is C36H44N4O6S. The molecule has 2 aliphatic rings. The Labute approximate surface area is 282 Å². The van der Waals surface area contributed by atoms with Gasteiger partial charge in [-0.3, -0.25) is 24.0 Å². The molecule has 2 heterocycles. The van der Waals surface area contributed by atoms with Crippen molar-refractivity contribution in [2.45, 2.75) is 69.4 Å². The number of esters is 1. The van der Waals surface area contributed by atoms with Gasteiger partial charge in [0.2, 0.25) is 11.8 Å². The second-order valence-electron chi connectivity index (χ2n) is 12.4. The molecule has 47 heavy (non-hydrogen) atoms. The maximum atomic E-state index is 14.1. The summed E-state index contributed by atoms with van der Waals surface area (Å²) in [4.78, 5) is 67.3. The van der Waals surface area contributed by atoms with E-state index in [2.05, 4.69) is 10.6 Å². The first-order valence-electron chi connectivity index (χ1n) is 16.0. The van der Waals surface area contributed by atoms with Crippen LogP contribution in [0, 0.1) is 0 Å². The monoisotopic (exact) mass is 660 g/mol. The van der Waals surface area contributed by atoms with Gasteiger partial charge in [-0.15, -0.1) is 0 Å². The fourth-order valence-corrected chi connectivity index (χ4v) is 6.74. The molecule has 250 valence electrons. The molecule has 1 aliphatic heterocycles. The van der Waals surface area contributed by atoms with E-state index in [9.17, 15) is 24.0 Å². The number of carbonyl (C=O) groups is 4. The SMILES string of the molecule is CC(C)OC(=O)CCNC(=O)[C@@]1(c2ccccc2)CC[C@H](C(=O)N2CCC(NC(=O)c3cccn(C)c3=O)CC2)c2ccccc21.S. The summed E-state index contributed by atoms with van der Waals surface area (Å²) in [6, 6.07) is 20.3. The number of hydrogen-bond donors (Lipinski definition) is 2. The number of hydrogen-bond acceptors (Lipinski definition) is 6. The van der Waals surface area contributed by atoms with Gasteiger partial charge in [0.15, 0.2) is 0 Å². The number of nitrogens with one attached hydrogen (secondary N) is 2. The maximum absolute atomic E-state index is 14.1. The molecule has 2 aromatic carbocycles. The number of aryl methyl sites for hydroxylation is 1. The molecule has 3 amide bonds. The zero-order chi connectivity index (χ0) is 32.8. The van der Waals surface area contributed by atoms with Crippen LogP contribution in [-0.2, 0) is 31.6 Å². The first-order valence-corrected chi connectivity index (χ1v) is 16.0. The number of amides is 3. The molecule has 2 N–H and O–H groups in total. The van der Waals surface area contributed by atoms with Crippen molar-refractivity contribution in [3.63, 3.8) is 0 Å². The van der Waals surface area contributed by atoms with Crippen LogP contribution >= 0.6 is 13.5 Å². The Morgan fingerprint density at radius 1 is 0.936 bits per heavy atom. The van der Waals surface area contributed by atoms with Crippen LogP contribution in [0.25, 0.3) is 0 Å². The summed E-state index contributed by atoms with van der Waals surface area (Å²) in [6.45, 7) is 4.67. The van der Waals surface area contributed by atoms with Gasteiger partial charge in [-0.05, 0) is 68.4 Å². The molecule has 5 rings (SSSR count). The first-order chi connectivity index (χ1) is 22.1. The molecule has 2 atom stereocenters. The van der Waals surface area contributed by atoms with Crippen molar-refractivity contribution in [3.05, 3.63) is 106 Å². The Hall–Kier alpha value is -4.38. The molecule has 3 aromatic rings. The van der Waals surface area contributed by atoms with Gasteiger partial charge in [-0.2, -0.15) is 13.5 Å². The van der Waals surface area contributed by atoms with Gasteiger partial charge in [-0.25, -0.2) is 0 Å². The number of pyridine rings is 1. The van der Waals surface area contributed by atoms with Crippen LogP contribution in [0.2, 0.25) is 0 Å². The maximum Gasteiger partial charge on any atom is 0.307 e. The molecule has 1 saturated heterocycles. The summed E-state index contributed by atoms with van der Waals surface area (Å²) < 4.78 is 6.60. The van der Waals surface area contributed by atoms with E-state index in [0.717, 1.165) is 16.7 Å². The number of ether oxygens (including phenoxy) is 1. The Kier molecular flexibility index (Phi) is 11.7. The number of rotatable bonds is 9. The number of aromatic nitrogens is 1. The lowest BCUT2D eigenvalue weighted by Crippen LogP contribution is -2.51. The third-order valence-corrected chi connectivity index (χ3v) is 9.05. The van der Waals surface area contributed by atoms with E-state index in [0.29, 0.717) is 38.8 Å². The van der Waals surface area contributed by atoms with Crippen LogP contribution in [0.1, 0.15) is 78.9 Å². The number of benzene rings is 2. The first kappa shape index (κ1) is 35.5. The van der Waals surface area contributed by atoms with E-state index in [1.807, 2.05) is 59.5 Å². The third kappa shape index (κ3) is 7.62. The molecule has 1 aromatic heterocycles. The average molecular weight is 661 g/mol. The van der Waals surface area contributed by atoms with Crippen LogP contribution in [0.15, 0.2) is 77.7 Å². The van der Waals surface area contributed by atoms with Crippen LogP contribution < -0.4 is 16.2 Å². The van der Waals surface area contributed by atoms with Gasteiger partial charge in [0.1, 0.15) is 5.56 Å². The molecule has 0 saturated carbocycles. The van der Waals surface area contributed by atoms with E-state index in [1.165, 1.54) is 10.6 Å². The standard InChI is InChI=1S/C36H42N4O6.H2S/c1-24(2)46-31(41)16-20-37-35(45)36(25-10-5-4-6-11-25)19-15-28(27-12-7-8-14-30(27)36)34(44)40-22-17-26(18-23-40)38-32(42)29-13-9-21-39(3)33(29)43;/h4-14,21,24,26,28H,15-20,22-23H2,1-3H3,(H,37,45)(H,38,42);1H2/t28-,36+;/m0./s1. The lowest BCUT2D eigenvalue weighted by Gasteiger charge is -2.42. The van der Waals surface area contributed by atoms with Crippen molar-refractivity contribution in [3.8, 4) is 0 Å². The zero-order valence-electron chi connectivity index (χ0n) is 27.2. The quantitative estimate of drug-likeness (QED) is 0.338. The summed E-state index contributed by atoms with van der Waals surface area (Å²) in [5.74, 6) is -1.39. The van der Waals surface area contributed by atoms with Gasteiger partial charge in [0, 0.05) is 38.9 Å². The van der Waals surface area contributed by atoms with Crippen molar-refractivity contribution in [1.82, 2.24) is 20.1 Å². The van der Waals surface area contributed by atoms with Crippen LogP contribution in [0.5, 0.6) is 0 Å². The number of nitrogens with zero attached hydrogens (tertiary/aromatic N) is 2. The summed E-state index contributed by atoms with van der Waals surface area (Å²) in [7, 11) is 1.61. The lowest BCUT2D eigenvalue weighted by molar-refractivity contribution is -0.147. The van der Waals surface area contributed by atoms with Crippen LogP contribution in [-0.4, -0.2) is 64.9 Å². The molecule has 0 spiro atoms. The molecule has 1 aliphatic carbocycles. The second-order valence-corrected chi connectivity index (χ2v) is 12.4. The Morgan fingerprint density at radius 2 is 1.62 bits per heavy atom. The smallest absolute Gasteiger partial charge is 0.307 e. The summed E-state index contributed by atoms with van der Waals surface area (Å²) >= 11 is 0. The second kappa shape index (κ2) is 15.5. The Morgan fingerprint density at radius 3 is 2.32 bits per heavy atom. The minimum atomic E-state index is -1.03. The highest BCUT2D eigenvalue weighted by Crippen LogP contribution is 2.48. The minimum absolute atomic E-state index is 0. The van der Waals surface area contributed by atoms with Crippen molar-refractivity contribution in [2.24, 2.45) is 7.05 Å². The summed E-state index contributed by atoms with van der Waals surface area (Å²) in [6.07, 6.45) is 3.49. The van der Waals surface area contributed by atoms with Gasteiger partial charge >= 0.3 is 5.97 Å². The van der Waals surface area contributed by atoms with E-state index in [-0.39, 0.29) is 67.5 Å². The zero-order valence-corrected chi connectivity index (χ0v) is 28.2. The van der Waals surface area contributed by atoms with Gasteiger partial charge in [-0.1, -0.05) is 54.6 Å². The summed E-state index contributed by atoms with van der Waals surface area (Å²) in [5.41, 5.74) is 1.18. The van der Waals surface area contributed by atoms with Gasteiger partial charge in [0.05, 0.1) is 23.9 Å². The van der Waals surface area contributed by atoms with Gasteiger partial charge in [0.25, 0.3) is 11.5 Å². The average Bonchev–Trinajstić information content (AvgIpc) is 3.05. The highest BCUT2D eigenvalue weighted by atomic mass is 32.1. The predicted octanol–water partition coefficient (Wildman–Crippen LogP) is 3.54. The molecule has 1 fully saturated rings. The van der Waals surface area contributed by atoms with Crippen molar-refractivity contribution < 1.29 is 23.9 Å². The van der Waals surface area contributed by atoms with E-state index >= 15 is 0 Å². The van der Waals surface area contributed by atoms with Crippen molar-refractivity contribution in [2.75, 3.05) is 19.6 Å². The van der Waals surface area contributed by atoms with Crippen LogP contribution in [0.4, 0.5) is 0 Å². The molecule has 0 unspecified atom stereocenters. The highest BCUT2D eigenvalue weighted by Gasteiger charge is 2.48. The minimum Gasteiger partial charge on any atom is -0.463 e. The molecule has 11 heteroatoms. The number of piperidine rings is 1. The Balaban J connectivity index is 0.00000500. The highest BCUT2D eigenvalue weighted by molar-refractivity contribution is 7.59. The fourth-order valence-electron chi connectivity index (χ4n) is 6.74.